The number of β-amino-alcohol motifs (C(OH)–C–C–N with tert-alkyl or cyclic N) is 1. The first-order chi connectivity index (χ1) is 21.0. The van der Waals surface area contributed by atoms with Gasteiger partial charge >= 0.3 is 0 Å². The van der Waals surface area contributed by atoms with Crippen LogP contribution in [0.25, 0.3) is 10.4 Å². The molecule has 1 aromatic carbocycles. The number of hydrogen-bond donors (Lipinski definition) is 3. The number of likely N-dealkylation sites (tertiary alicyclic amines) is 1. The number of carbonyl (C=O) groups is 3. The Labute approximate surface area is 269 Å². The molecule has 1 aliphatic heterocycles. The van der Waals surface area contributed by atoms with Crippen molar-refractivity contribution in [3.8, 4) is 16.2 Å². The Kier molecular flexibility index (Phi) is 10.6. The second kappa shape index (κ2) is 13.7. The van der Waals surface area contributed by atoms with Gasteiger partial charge in [-0.1, -0.05) is 32.9 Å². The molecule has 2 fully saturated rings. The van der Waals surface area contributed by atoms with Crippen molar-refractivity contribution in [3.05, 3.63) is 35.0 Å². The van der Waals surface area contributed by atoms with Crippen molar-refractivity contribution in [1.82, 2.24) is 20.5 Å². The number of amides is 3. The Morgan fingerprint density at radius 3 is 2.53 bits per heavy atom. The van der Waals surface area contributed by atoms with Gasteiger partial charge < -0.3 is 30.1 Å². The maximum absolute atomic E-state index is 14.5. The molecule has 248 valence electrons. The first-order valence-corrected chi connectivity index (χ1v) is 16.5. The van der Waals surface area contributed by atoms with Crippen LogP contribution in [0.3, 0.4) is 0 Å². The fourth-order valence-electron chi connectivity index (χ4n) is 5.44. The van der Waals surface area contributed by atoms with Crippen LogP contribution < -0.4 is 15.4 Å². The fraction of sp³-hybridized carbons (Fsp3) is 0.636. The monoisotopic (exact) mass is 646 g/mol. The number of thiazole rings is 1. The van der Waals surface area contributed by atoms with Gasteiger partial charge in [0.2, 0.25) is 11.8 Å². The zero-order valence-corrected chi connectivity index (χ0v) is 28.2. The van der Waals surface area contributed by atoms with Crippen LogP contribution in [0.15, 0.2) is 23.7 Å². The third-order valence-corrected chi connectivity index (χ3v) is 9.35. The minimum absolute atomic E-state index is 0.0505. The Bertz CT molecular complexity index is 1390. The van der Waals surface area contributed by atoms with Crippen molar-refractivity contribution < 1.29 is 33.4 Å². The number of halogens is 1. The predicted octanol–water partition coefficient (Wildman–Crippen LogP) is 4.31. The van der Waals surface area contributed by atoms with E-state index in [1.807, 2.05) is 45.9 Å². The third-order valence-electron chi connectivity index (χ3n) is 8.37. The van der Waals surface area contributed by atoms with Crippen LogP contribution in [0.5, 0.6) is 5.75 Å². The second-order valence-corrected chi connectivity index (χ2v) is 14.6. The summed E-state index contributed by atoms with van der Waals surface area (Å²) in [4.78, 5) is 46.5. The summed E-state index contributed by atoms with van der Waals surface area (Å²) >= 11 is 1.54. The van der Waals surface area contributed by atoms with Crippen molar-refractivity contribution in [1.29, 1.82) is 0 Å². The zero-order chi connectivity index (χ0) is 33.2. The number of ether oxygens (including phenoxy) is 2. The van der Waals surface area contributed by atoms with E-state index in [1.165, 1.54) is 16.2 Å². The lowest BCUT2D eigenvalue weighted by Crippen LogP contribution is -2.59. The molecule has 2 aromatic rings. The number of aromatic nitrogens is 1. The molecule has 0 radical (unpaired) electrons. The van der Waals surface area contributed by atoms with Crippen LogP contribution in [0.2, 0.25) is 0 Å². The number of rotatable bonds is 13. The van der Waals surface area contributed by atoms with Crippen LogP contribution in [-0.2, 0) is 25.7 Å². The van der Waals surface area contributed by atoms with Gasteiger partial charge in [0.25, 0.3) is 5.91 Å². The summed E-state index contributed by atoms with van der Waals surface area (Å²) in [5.74, 6) is -1.16. The van der Waals surface area contributed by atoms with Crippen molar-refractivity contribution in [2.45, 2.75) is 110 Å². The number of benzene rings is 1. The number of aliphatic hydroxyl groups excluding tert-OH is 1. The standard InChI is InChI=1S/C33H47FN4O6S/c1-8-44-32(6,7)13-14-43-25-15-21(26-20(2)36-19-45-26)9-10-22(25)17-35-28(40)24-16-23(39)18-38(24)29(41)27(31(3,4)5)37-30(42)33(34)11-12-33/h9-10,15,19,23-24,27,39H,8,11-14,16-18H2,1-7H3,(H,35,40)(H,37,42)/t23-,24+,27-/m1/s1. The Balaban J connectivity index is 1.49. The first kappa shape index (κ1) is 34.8. The van der Waals surface area contributed by atoms with Gasteiger partial charge in [-0.15, -0.1) is 11.3 Å². The molecule has 3 atom stereocenters. The van der Waals surface area contributed by atoms with E-state index in [9.17, 15) is 23.9 Å². The molecule has 10 nitrogen and oxygen atoms in total. The number of hydrogen-bond acceptors (Lipinski definition) is 8. The molecule has 3 N–H and O–H groups in total. The van der Waals surface area contributed by atoms with Gasteiger partial charge in [0, 0.05) is 38.1 Å². The van der Waals surface area contributed by atoms with E-state index >= 15 is 0 Å². The number of carbonyl (C=O) groups excluding carboxylic acids is 3. The Morgan fingerprint density at radius 1 is 1.22 bits per heavy atom. The largest absolute Gasteiger partial charge is 0.493 e. The highest BCUT2D eigenvalue weighted by atomic mass is 32.1. The summed E-state index contributed by atoms with van der Waals surface area (Å²) in [7, 11) is 0. The highest BCUT2D eigenvalue weighted by Crippen LogP contribution is 2.40. The maximum Gasteiger partial charge on any atom is 0.258 e. The predicted molar refractivity (Wildman–Crippen MR) is 171 cm³/mol. The summed E-state index contributed by atoms with van der Waals surface area (Å²) in [6, 6.07) is 3.79. The lowest BCUT2D eigenvalue weighted by Gasteiger charge is -2.35. The van der Waals surface area contributed by atoms with Gasteiger partial charge in [-0.2, -0.15) is 0 Å². The molecule has 4 rings (SSSR count). The van der Waals surface area contributed by atoms with Crippen LogP contribution >= 0.6 is 11.3 Å². The highest BCUT2D eigenvalue weighted by molar-refractivity contribution is 7.13. The molecule has 3 amide bonds. The van der Waals surface area contributed by atoms with E-state index < -0.39 is 47.0 Å². The highest BCUT2D eigenvalue weighted by Gasteiger charge is 2.53. The summed E-state index contributed by atoms with van der Waals surface area (Å²) in [6.07, 6.45) is 0.0414. The first-order valence-electron chi connectivity index (χ1n) is 15.6. The summed E-state index contributed by atoms with van der Waals surface area (Å²) < 4.78 is 26.5. The Morgan fingerprint density at radius 2 is 1.93 bits per heavy atom. The van der Waals surface area contributed by atoms with Crippen molar-refractivity contribution in [3.63, 3.8) is 0 Å². The van der Waals surface area contributed by atoms with Crippen LogP contribution in [0.1, 0.15) is 78.5 Å². The fourth-order valence-corrected chi connectivity index (χ4v) is 6.25. The summed E-state index contributed by atoms with van der Waals surface area (Å²) in [6.45, 7) is 14.3. The van der Waals surface area contributed by atoms with Gasteiger partial charge in [-0.05, 0) is 57.6 Å². The van der Waals surface area contributed by atoms with Gasteiger partial charge in [0.1, 0.15) is 17.8 Å². The van der Waals surface area contributed by atoms with E-state index in [0.717, 1.165) is 21.7 Å². The maximum atomic E-state index is 14.5. The number of nitrogens with one attached hydrogen (secondary N) is 2. The molecule has 1 saturated heterocycles. The smallest absolute Gasteiger partial charge is 0.258 e. The molecule has 1 aromatic heterocycles. The quantitative estimate of drug-likeness (QED) is 0.296. The Hall–Kier alpha value is -3.09. The van der Waals surface area contributed by atoms with Crippen molar-refractivity contribution in [2.24, 2.45) is 5.41 Å². The summed E-state index contributed by atoms with van der Waals surface area (Å²) in [5, 5.41) is 16.0. The average molecular weight is 647 g/mol. The lowest BCUT2D eigenvalue weighted by molar-refractivity contribution is -0.145. The van der Waals surface area contributed by atoms with Crippen LogP contribution in [0.4, 0.5) is 4.39 Å². The van der Waals surface area contributed by atoms with E-state index in [4.69, 9.17) is 9.47 Å². The third kappa shape index (κ3) is 8.59. The van der Waals surface area contributed by atoms with Crippen molar-refractivity contribution >= 4 is 29.1 Å². The van der Waals surface area contributed by atoms with Crippen molar-refractivity contribution in [2.75, 3.05) is 19.8 Å². The van der Waals surface area contributed by atoms with Gasteiger partial charge in [0.15, 0.2) is 5.67 Å². The number of aliphatic hydroxyl groups is 1. The van der Waals surface area contributed by atoms with E-state index in [2.05, 4.69) is 15.6 Å². The SMILES string of the molecule is CCOC(C)(C)CCOc1cc(-c2scnc2C)ccc1CNC(=O)[C@@H]1C[C@@H](O)CN1C(=O)[C@@H](NC(=O)C1(F)CC1)C(C)(C)C. The van der Waals surface area contributed by atoms with Crippen LogP contribution in [-0.4, -0.2) is 81.9 Å². The molecule has 2 heterocycles. The lowest BCUT2D eigenvalue weighted by atomic mass is 9.85. The minimum atomic E-state index is -1.95. The van der Waals surface area contributed by atoms with Gasteiger partial charge in [0.05, 0.1) is 34.4 Å². The molecule has 2 aliphatic rings. The molecular weight excluding hydrogens is 599 g/mol. The van der Waals surface area contributed by atoms with E-state index in [0.29, 0.717) is 25.4 Å². The normalized spacial score (nSPS) is 20.1. The molecule has 45 heavy (non-hydrogen) atoms. The zero-order valence-electron chi connectivity index (χ0n) is 27.4. The van der Waals surface area contributed by atoms with E-state index in [-0.39, 0.29) is 38.0 Å². The van der Waals surface area contributed by atoms with Gasteiger partial charge in [-0.3, -0.25) is 14.4 Å². The number of aryl methyl sites for hydroxylation is 1. The molecule has 1 aliphatic carbocycles. The molecule has 1 saturated carbocycles. The van der Waals surface area contributed by atoms with Gasteiger partial charge in [-0.25, -0.2) is 9.37 Å². The minimum Gasteiger partial charge on any atom is -0.493 e. The molecule has 12 heteroatoms. The molecule has 0 unspecified atom stereocenters. The molecule has 0 bridgehead atoms. The molecular formula is C33H47FN4O6S. The number of alkyl halides is 1. The van der Waals surface area contributed by atoms with Crippen LogP contribution in [0, 0.1) is 12.3 Å². The number of nitrogens with zero attached hydrogens (tertiary/aromatic N) is 2. The average Bonchev–Trinajstić information content (AvgIpc) is 3.37. The summed E-state index contributed by atoms with van der Waals surface area (Å²) in [5.41, 5.74) is 1.35. The second-order valence-electron chi connectivity index (χ2n) is 13.7. The molecule has 0 spiro atoms. The van der Waals surface area contributed by atoms with E-state index in [1.54, 1.807) is 26.3 Å². The topological polar surface area (TPSA) is 130 Å².